The molecule has 17 heteroatoms. The van der Waals surface area contributed by atoms with Crippen molar-refractivity contribution in [3.8, 4) is 0 Å². The summed E-state index contributed by atoms with van der Waals surface area (Å²) in [6.45, 7) is 13.9. The Balaban J connectivity index is 1.65. The predicted octanol–water partition coefficient (Wildman–Crippen LogP) is 6.91. The lowest BCUT2D eigenvalue weighted by Crippen LogP contribution is -2.16. The Hall–Kier alpha value is -1.84. The fourth-order valence-corrected chi connectivity index (χ4v) is 6.74. The van der Waals surface area contributed by atoms with Crippen molar-refractivity contribution in [2.24, 2.45) is 0 Å². The van der Waals surface area contributed by atoms with Crippen LogP contribution in [0.1, 0.15) is 102 Å². The highest BCUT2D eigenvalue weighted by Gasteiger charge is 2.14. The molecular formula is C47H86O16S. The van der Waals surface area contributed by atoms with Crippen LogP contribution in [-0.4, -0.2) is 173 Å². The van der Waals surface area contributed by atoms with Crippen LogP contribution in [0, 0.1) is 6.92 Å². The zero-order valence-corrected chi connectivity index (χ0v) is 40.4. The van der Waals surface area contributed by atoms with Crippen LogP contribution >= 0.6 is 0 Å². The summed E-state index contributed by atoms with van der Waals surface area (Å²) in [6, 6.07) is 6.48. The third-order valence-electron chi connectivity index (χ3n) is 9.47. The highest BCUT2D eigenvalue weighted by Crippen LogP contribution is 2.14. The Labute approximate surface area is 386 Å². The molecule has 1 rings (SSSR count). The monoisotopic (exact) mass is 939 g/mol. The molecule has 0 N–H and O–H groups in total. The molecule has 0 radical (unpaired) electrons. The zero-order valence-electron chi connectivity index (χ0n) is 39.6. The number of hydrogen-bond donors (Lipinski definition) is 0. The number of carbonyl (C=O) groups is 1. The Bertz CT molecular complexity index is 1220. The fraction of sp³-hybridized carbons (Fsp3) is 0.851. The second kappa shape index (κ2) is 47.6. The quantitative estimate of drug-likeness (QED) is 0.0375. The summed E-state index contributed by atoms with van der Waals surface area (Å²) < 4.78 is 94.7. The van der Waals surface area contributed by atoms with E-state index >= 15 is 0 Å². The summed E-state index contributed by atoms with van der Waals surface area (Å²) in [5, 5.41) is 0. The molecule has 0 aliphatic carbocycles. The molecular weight excluding hydrogens is 853 g/mol. The van der Waals surface area contributed by atoms with E-state index in [2.05, 4.69) is 6.92 Å². The fourth-order valence-electron chi connectivity index (χ4n) is 5.85. The van der Waals surface area contributed by atoms with Gasteiger partial charge in [-0.2, -0.15) is 8.42 Å². The van der Waals surface area contributed by atoms with Gasteiger partial charge in [0.2, 0.25) is 0 Å². The summed E-state index contributed by atoms with van der Waals surface area (Å²) in [5.41, 5.74) is 0.973. The summed E-state index contributed by atoms with van der Waals surface area (Å²) in [4.78, 5) is 12.0. The van der Waals surface area contributed by atoms with E-state index in [1.807, 2.05) is 6.92 Å². The van der Waals surface area contributed by atoms with Gasteiger partial charge < -0.3 is 56.8 Å². The van der Waals surface area contributed by atoms with Crippen molar-refractivity contribution in [3.05, 3.63) is 29.8 Å². The van der Waals surface area contributed by atoms with Gasteiger partial charge in [-0.3, -0.25) is 8.98 Å². The lowest BCUT2D eigenvalue weighted by atomic mass is 10.0. The number of rotatable bonds is 52. The van der Waals surface area contributed by atoms with Crippen LogP contribution in [0.3, 0.4) is 0 Å². The van der Waals surface area contributed by atoms with Crippen LogP contribution < -0.4 is 0 Å². The van der Waals surface area contributed by atoms with Crippen LogP contribution in [0.15, 0.2) is 29.2 Å². The minimum absolute atomic E-state index is 0.0640. The molecule has 0 aliphatic heterocycles. The van der Waals surface area contributed by atoms with Crippen LogP contribution in [0.2, 0.25) is 0 Å². The predicted molar refractivity (Wildman–Crippen MR) is 245 cm³/mol. The SMILES string of the molecule is CCCCCCCCCCCCCCCC(=O)OCCOCCOCCOCCOCCOCCOCCOCCOCCOCCOCCOCCOS(=O)(=O)c1ccc(C)cc1. The molecule has 0 atom stereocenters. The summed E-state index contributed by atoms with van der Waals surface area (Å²) in [7, 11) is -3.78. The van der Waals surface area contributed by atoms with Crippen molar-refractivity contribution in [2.75, 3.05) is 159 Å². The van der Waals surface area contributed by atoms with Crippen molar-refractivity contribution in [1.82, 2.24) is 0 Å². The summed E-state index contributed by atoms with van der Waals surface area (Å²) in [6.07, 6.45) is 17.2. The van der Waals surface area contributed by atoms with E-state index in [9.17, 15) is 13.2 Å². The highest BCUT2D eigenvalue weighted by molar-refractivity contribution is 7.86. The maximum Gasteiger partial charge on any atom is 0.305 e. The smallest absolute Gasteiger partial charge is 0.305 e. The minimum Gasteiger partial charge on any atom is -0.463 e. The molecule has 1 aromatic carbocycles. The molecule has 0 fully saturated rings. The van der Waals surface area contributed by atoms with Crippen LogP contribution in [0.25, 0.3) is 0 Å². The van der Waals surface area contributed by atoms with Crippen LogP contribution in [0.5, 0.6) is 0 Å². The second-order valence-corrected chi connectivity index (χ2v) is 16.7. The van der Waals surface area contributed by atoms with Crippen LogP contribution in [0.4, 0.5) is 0 Å². The molecule has 376 valence electrons. The van der Waals surface area contributed by atoms with Gasteiger partial charge in [-0.25, -0.2) is 0 Å². The van der Waals surface area contributed by atoms with E-state index in [1.54, 1.807) is 12.1 Å². The molecule has 0 amide bonds. The molecule has 0 heterocycles. The van der Waals surface area contributed by atoms with E-state index in [0.29, 0.717) is 145 Å². The highest BCUT2D eigenvalue weighted by atomic mass is 32.2. The van der Waals surface area contributed by atoms with Crippen LogP contribution in [-0.2, 0) is 75.9 Å². The molecule has 16 nitrogen and oxygen atoms in total. The Morgan fingerprint density at radius 1 is 0.375 bits per heavy atom. The van der Waals surface area contributed by atoms with Gasteiger partial charge >= 0.3 is 5.97 Å². The topological polar surface area (TPSA) is 171 Å². The number of carbonyl (C=O) groups excluding carboxylic acids is 1. The average Bonchev–Trinajstić information content (AvgIpc) is 3.29. The van der Waals surface area contributed by atoms with Gasteiger partial charge in [0.15, 0.2) is 0 Å². The molecule has 0 saturated heterocycles. The third-order valence-corrected chi connectivity index (χ3v) is 10.8. The van der Waals surface area contributed by atoms with Gasteiger partial charge in [-0.15, -0.1) is 0 Å². The lowest BCUT2D eigenvalue weighted by molar-refractivity contribution is -0.145. The molecule has 64 heavy (non-hydrogen) atoms. The van der Waals surface area contributed by atoms with Gasteiger partial charge in [0.05, 0.1) is 157 Å². The van der Waals surface area contributed by atoms with E-state index in [0.717, 1.165) is 18.4 Å². The second-order valence-electron chi connectivity index (χ2n) is 15.0. The van der Waals surface area contributed by atoms with E-state index < -0.39 is 10.1 Å². The van der Waals surface area contributed by atoms with Crippen molar-refractivity contribution in [1.29, 1.82) is 0 Å². The van der Waals surface area contributed by atoms with Gasteiger partial charge in [0.25, 0.3) is 10.1 Å². The van der Waals surface area contributed by atoms with Crippen molar-refractivity contribution >= 4 is 16.1 Å². The first kappa shape index (κ1) is 60.2. The summed E-state index contributed by atoms with van der Waals surface area (Å²) >= 11 is 0. The molecule has 0 aliphatic rings. The van der Waals surface area contributed by atoms with Crippen molar-refractivity contribution < 1.29 is 74.2 Å². The average molecular weight is 939 g/mol. The molecule has 1 aromatic rings. The largest absolute Gasteiger partial charge is 0.463 e. The summed E-state index contributed by atoms with van der Waals surface area (Å²) in [5.74, 6) is -0.139. The Morgan fingerprint density at radius 3 is 0.953 bits per heavy atom. The molecule has 0 saturated carbocycles. The first-order valence-corrected chi connectivity index (χ1v) is 25.3. The third kappa shape index (κ3) is 42.8. The molecule has 0 unspecified atom stereocenters. The van der Waals surface area contributed by atoms with Gasteiger partial charge in [-0.1, -0.05) is 102 Å². The van der Waals surface area contributed by atoms with Crippen molar-refractivity contribution in [3.63, 3.8) is 0 Å². The normalized spacial score (nSPS) is 11.8. The van der Waals surface area contributed by atoms with Gasteiger partial charge in [0, 0.05) is 6.42 Å². The number of hydrogen-bond acceptors (Lipinski definition) is 16. The van der Waals surface area contributed by atoms with E-state index in [1.165, 1.54) is 82.8 Å². The molecule has 0 aromatic heterocycles. The molecule has 0 bridgehead atoms. The number of aryl methyl sites for hydroxylation is 1. The maximum atomic E-state index is 12.1. The van der Waals surface area contributed by atoms with E-state index in [-0.39, 0.29) is 30.7 Å². The number of ether oxygens (including phenoxy) is 12. The van der Waals surface area contributed by atoms with Crippen molar-refractivity contribution in [2.45, 2.75) is 109 Å². The molecule has 0 spiro atoms. The Morgan fingerprint density at radius 2 is 0.641 bits per heavy atom. The number of unbranched alkanes of at least 4 members (excludes halogenated alkanes) is 12. The lowest BCUT2D eigenvalue weighted by Gasteiger charge is -2.09. The minimum atomic E-state index is -3.78. The number of esters is 1. The Kier molecular flexibility index (Phi) is 44.8. The first-order valence-electron chi connectivity index (χ1n) is 23.9. The van der Waals surface area contributed by atoms with Gasteiger partial charge in [-0.05, 0) is 25.5 Å². The van der Waals surface area contributed by atoms with E-state index in [4.69, 9.17) is 61.0 Å². The maximum absolute atomic E-state index is 12.1. The zero-order chi connectivity index (χ0) is 46.1. The van der Waals surface area contributed by atoms with Gasteiger partial charge in [0.1, 0.15) is 6.61 Å². The first-order chi connectivity index (χ1) is 31.5. The standard InChI is InChI=1S/C47H86O16S/c1-3-4-5-6-7-8-9-10-11-12-13-14-15-16-47(48)62-43-41-60-39-37-58-35-33-56-31-29-54-27-25-52-23-21-51-22-24-53-26-28-55-30-32-57-34-36-59-38-40-61-42-44-63-64(49,50)46-19-17-45(2)18-20-46/h17-20H,3-16,21-44H2,1-2H3. The number of benzene rings is 1.